The minimum atomic E-state index is 0.296. The van der Waals surface area contributed by atoms with Crippen LogP contribution < -0.4 is 0 Å². The molecule has 66 valence electrons. The molecule has 0 aliphatic rings. The lowest BCUT2D eigenvalue weighted by Gasteiger charge is -2.16. The van der Waals surface area contributed by atoms with Gasteiger partial charge in [0.1, 0.15) is 0 Å². The van der Waals surface area contributed by atoms with Crippen LogP contribution in [0, 0.1) is 12.3 Å². The van der Waals surface area contributed by atoms with E-state index >= 15 is 0 Å². The SMILES string of the molecule is Cc1ccc(CC(C)(C)C)nn1. The molecule has 0 atom stereocenters. The molecule has 0 N–H and O–H groups in total. The lowest BCUT2D eigenvalue weighted by atomic mass is 9.90. The molecule has 2 nitrogen and oxygen atoms in total. The second-order valence-corrected chi connectivity index (χ2v) is 4.40. The number of rotatable bonds is 1. The first-order chi connectivity index (χ1) is 5.47. The Morgan fingerprint density at radius 3 is 2.25 bits per heavy atom. The molecule has 12 heavy (non-hydrogen) atoms. The Morgan fingerprint density at radius 2 is 1.83 bits per heavy atom. The largest absolute Gasteiger partial charge is 0.156 e. The van der Waals surface area contributed by atoms with E-state index < -0.39 is 0 Å². The van der Waals surface area contributed by atoms with Gasteiger partial charge >= 0.3 is 0 Å². The van der Waals surface area contributed by atoms with Gasteiger partial charge in [0.25, 0.3) is 0 Å². The maximum absolute atomic E-state index is 4.11. The van der Waals surface area contributed by atoms with Crippen molar-refractivity contribution in [1.82, 2.24) is 10.2 Å². The third-order valence-electron chi connectivity index (χ3n) is 1.56. The molecule has 1 rings (SSSR count). The van der Waals surface area contributed by atoms with E-state index in [0.717, 1.165) is 17.8 Å². The Hall–Kier alpha value is -0.920. The highest BCUT2D eigenvalue weighted by Gasteiger charge is 2.11. The van der Waals surface area contributed by atoms with Gasteiger partial charge in [0.15, 0.2) is 0 Å². The third-order valence-corrected chi connectivity index (χ3v) is 1.56. The molecule has 0 radical (unpaired) electrons. The second kappa shape index (κ2) is 3.21. The minimum absolute atomic E-state index is 0.296. The average Bonchev–Trinajstić information content (AvgIpc) is 1.91. The van der Waals surface area contributed by atoms with Gasteiger partial charge in [0.2, 0.25) is 0 Å². The van der Waals surface area contributed by atoms with Gasteiger partial charge in [-0.15, -0.1) is 0 Å². The summed E-state index contributed by atoms with van der Waals surface area (Å²) in [5.74, 6) is 0. The molecule has 1 aromatic rings. The molecule has 0 fully saturated rings. The summed E-state index contributed by atoms with van der Waals surface area (Å²) in [5.41, 5.74) is 2.35. The maximum atomic E-state index is 4.11. The Kier molecular flexibility index (Phi) is 2.46. The van der Waals surface area contributed by atoms with E-state index in [4.69, 9.17) is 0 Å². The fourth-order valence-electron chi connectivity index (χ4n) is 1.06. The Labute approximate surface area is 74.0 Å². The smallest absolute Gasteiger partial charge is 0.0636 e. The quantitative estimate of drug-likeness (QED) is 0.637. The van der Waals surface area contributed by atoms with Crippen LogP contribution in [0.15, 0.2) is 12.1 Å². The summed E-state index contributed by atoms with van der Waals surface area (Å²) in [6.45, 7) is 8.56. The van der Waals surface area contributed by atoms with Crippen LogP contribution >= 0.6 is 0 Å². The normalized spacial score (nSPS) is 11.7. The zero-order valence-corrected chi connectivity index (χ0v) is 8.26. The van der Waals surface area contributed by atoms with Crippen molar-refractivity contribution in [3.63, 3.8) is 0 Å². The standard InChI is InChI=1S/C10H16N2/c1-8-5-6-9(12-11-8)7-10(2,3)4/h5-6H,7H2,1-4H3. The summed E-state index contributed by atoms with van der Waals surface area (Å²) < 4.78 is 0. The monoisotopic (exact) mass is 164 g/mol. The number of aromatic nitrogens is 2. The number of nitrogens with zero attached hydrogens (tertiary/aromatic N) is 2. The van der Waals surface area contributed by atoms with Crippen molar-refractivity contribution in [1.29, 1.82) is 0 Å². The number of hydrogen-bond donors (Lipinski definition) is 0. The maximum Gasteiger partial charge on any atom is 0.0636 e. The van der Waals surface area contributed by atoms with Crippen LogP contribution in [0.5, 0.6) is 0 Å². The van der Waals surface area contributed by atoms with Gasteiger partial charge in [-0.2, -0.15) is 10.2 Å². The van der Waals surface area contributed by atoms with Crippen LogP contribution in [0.25, 0.3) is 0 Å². The van der Waals surface area contributed by atoms with E-state index in [0.29, 0.717) is 5.41 Å². The first kappa shape index (κ1) is 9.17. The molecule has 0 unspecified atom stereocenters. The molecule has 1 heterocycles. The Balaban J connectivity index is 2.71. The molecule has 0 aliphatic carbocycles. The summed E-state index contributed by atoms with van der Waals surface area (Å²) in [5, 5.41) is 8.13. The van der Waals surface area contributed by atoms with E-state index in [-0.39, 0.29) is 0 Å². The summed E-state index contributed by atoms with van der Waals surface area (Å²) >= 11 is 0. The van der Waals surface area contributed by atoms with Crippen molar-refractivity contribution in [2.24, 2.45) is 5.41 Å². The minimum Gasteiger partial charge on any atom is -0.156 e. The van der Waals surface area contributed by atoms with E-state index in [1.54, 1.807) is 0 Å². The molecule has 0 bridgehead atoms. The van der Waals surface area contributed by atoms with E-state index in [9.17, 15) is 0 Å². The van der Waals surface area contributed by atoms with Gasteiger partial charge < -0.3 is 0 Å². The fraction of sp³-hybridized carbons (Fsp3) is 0.600. The third kappa shape index (κ3) is 2.99. The zero-order valence-electron chi connectivity index (χ0n) is 8.26. The van der Waals surface area contributed by atoms with Crippen molar-refractivity contribution in [2.45, 2.75) is 34.1 Å². The van der Waals surface area contributed by atoms with Crippen molar-refractivity contribution in [3.05, 3.63) is 23.5 Å². The predicted octanol–water partition coefficient (Wildman–Crippen LogP) is 2.37. The lowest BCUT2D eigenvalue weighted by Crippen LogP contribution is -2.10. The first-order valence-corrected chi connectivity index (χ1v) is 4.27. The first-order valence-electron chi connectivity index (χ1n) is 4.27. The van der Waals surface area contributed by atoms with Crippen molar-refractivity contribution in [3.8, 4) is 0 Å². The average molecular weight is 164 g/mol. The van der Waals surface area contributed by atoms with Gasteiger partial charge in [-0.1, -0.05) is 20.8 Å². The van der Waals surface area contributed by atoms with Crippen LogP contribution in [0.2, 0.25) is 0 Å². The molecule has 0 saturated carbocycles. The number of aryl methyl sites for hydroxylation is 1. The molecular formula is C10H16N2. The van der Waals surface area contributed by atoms with Crippen LogP contribution in [0.4, 0.5) is 0 Å². The van der Waals surface area contributed by atoms with Crippen LogP contribution in [0.1, 0.15) is 32.2 Å². The number of hydrogen-bond acceptors (Lipinski definition) is 2. The lowest BCUT2D eigenvalue weighted by molar-refractivity contribution is 0.404. The summed E-state index contributed by atoms with van der Waals surface area (Å²) in [6.07, 6.45) is 0.986. The topological polar surface area (TPSA) is 25.8 Å². The fourth-order valence-corrected chi connectivity index (χ4v) is 1.06. The van der Waals surface area contributed by atoms with Crippen LogP contribution in [-0.2, 0) is 6.42 Å². The Morgan fingerprint density at radius 1 is 1.17 bits per heavy atom. The van der Waals surface area contributed by atoms with Crippen molar-refractivity contribution < 1.29 is 0 Å². The molecule has 0 amide bonds. The van der Waals surface area contributed by atoms with E-state index in [1.807, 2.05) is 19.1 Å². The van der Waals surface area contributed by atoms with E-state index in [2.05, 4.69) is 31.0 Å². The molecule has 2 heteroatoms. The van der Waals surface area contributed by atoms with Gasteiger partial charge in [-0.3, -0.25) is 0 Å². The van der Waals surface area contributed by atoms with E-state index in [1.165, 1.54) is 0 Å². The summed E-state index contributed by atoms with van der Waals surface area (Å²) in [6, 6.07) is 4.06. The molecular weight excluding hydrogens is 148 g/mol. The second-order valence-electron chi connectivity index (χ2n) is 4.40. The van der Waals surface area contributed by atoms with Gasteiger partial charge in [-0.05, 0) is 30.9 Å². The Bertz CT molecular complexity index is 244. The highest BCUT2D eigenvalue weighted by atomic mass is 15.1. The molecule has 0 spiro atoms. The van der Waals surface area contributed by atoms with Crippen LogP contribution in [-0.4, -0.2) is 10.2 Å². The highest BCUT2D eigenvalue weighted by molar-refractivity contribution is 5.06. The summed E-state index contributed by atoms with van der Waals surface area (Å²) in [4.78, 5) is 0. The molecule has 0 saturated heterocycles. The van der Waals surface area contributed by atoms with Crippen molar-refractivity contribution in [2.75, 3.05) is 0 Å². The molecule has 0 aromatic carbocycles. The highest BCUT2D eigenvalue weighted by Crippen LogP contribution is 2.18. The molecule has 0 aliphatic heterocycles. The predicted molar refractivity (Wildman–Crippen MR) is 49.9 cm³/mol. The molecule has 1 aromatic heterocycles. The van der Waals surface area contributed by atoms with Crippen LogP contribution in [0.3, 0.4) is 0 Å². The zero-order chi connectivity index (χ0) is 9.19. The van der Waals surface area contributed by atoms with Crippen molar-refractivity contribution >= 4 is 0 Å². The van der Waals surface area contributed by atoms with Gasteiger partial charge in [0.05, 0.1) is 11.4 Å². The summed E-state index contributed by atoms with van der Waals surface area (Å²) in [7, 11) is 0. The van der Waals surface area contributed by atoms with Gasteiger partial charge in [0, 0.05) is 0 Å². The van der Waals surface area contributed by atoms with Gasteiger partial charge in [-0.25, -0.2) is 0 Å².